The monoisotopic (exact) mass is 362 g/mol. The van der Waals surface area contributed by atoms with Gasteiger partial charge in [0.15, 0.2) is 11.3 Å². The van der Waals surface area contributed by atoms with Gasteiger partial charge in [-0.25, -0.2) is 14.2 Å². The van der Waals surface area contributed by atoms with Gasteiger partial charge in [0.05, 0.1) is 5.69 Å². The Balaban J connectivity index is 1.95. The predicted molar refractivity (Wildman–Crippen MR) is 87.7 cm³/mol. The van der Waals surface area contributed by atoms with Gasteiger partial charge in [-0.05, 0) is 24.6 Å². The molecule has 0 aliphatic heterocycles. The Morgan fingerprint density at radius 2 is 2.04 bits per heavy atom. The van der Waals surface area contributed by atoms with Crippen molar-refractivity contribution in [2.45, 2.75) is 6.92 Å². The number of nitrogens with zero attached hydrogens (tertiary/aromatic N) is 5. The molecule has 0 fully saturated rings. The number of amides is 1. The molecule has 2 aromatic heterocycles. The number of fused-ring (bicyclic) bond motifs is 1. The summed E-state index contributed by atoms with van der Waals surface area (Å²) in [6, 6.07) is 4.75. The number of carbonyl (C=O) groups is 1. The maximum absolute atomic E-state index is 12.5. The highest BCUT2D eigenvalue weighted by atomic mass is 32.2. The molecule has 0 aliphatic rings. The number of nitrogens with one attached hydrogen (secondary N) is 2. The first-order valence-corrected chi connectivity index (χ1v) is 8.00. The number of carbonyl (C=O) groups excluding carboxylic acids is 1. The molecule has 0 spiro atoms. The first-order chi connectivity index (χ1) is 11.9. The average Bonchev–Trinajstić information content (AvgIpc) is 2.99. The molecular weight excluding hydrogens is 350 g/mol. The Bertz CT molecular complexity index is 1060. The number of hydrogen-bond donors (Lipinski definition) is 2. The van der Waals surface area contributed by atoms with Crippen LogP contribution in [0.2, 0.25) is 0 Å². The highest BCUT2D eigenvalue weighted by Crippen LogP contribution is 2.24. The van der Waals surface area contributed by atoms with Crippen LogP contribution in [-0.2, 0) is 18.3 Å². The predicted octanol–water partition coefficient (Wildman–Crippen LogP) is -0.410. The lowest BCUT2D eigenvalue weighted by molar-refractivity contribution is 0.102. The van der Waals surface area contributed by atoms with Crippen LogP contribution in [0, 0.1) is 6.92 Å². The Morgan fingerprint density at radius 1 is 1.32 bits per heavy atom. The summed E-state index contributed by atoms with van der Waals surface area (Å²) in [6.45, 7) is 1.64. The lowest BCUT2D eigenvalue weighted by Gasteiger charge is -2.14. The number of aryl methyl sites for hydroxylation is 1. The van der Waals surface area contributed by atoms with Crippen molar-refractivity contribution in [3.8, 4) is 0 Å². The van der Waals surface area contributed by atoms with Gasteiger partial charge in [-0.3, -0.25) is 9.00 Å². The van der Waals surface area contributed by atoms with Crippen molar-refractivity contribution < 1.29 is 13.6 Å². The SMILES string of the molecule is Cc1c(NC(=O)c2ncn3c(=O)n(C)nnc23)cccc1NS(=O)[O-]. The van der Waals surface area contributed by atoms with Crippen LogP contribution in [0.5, 0.6) is 0 Å². The van der Waals surface area contributed by atoms with Crippen molar-refractivity contribution in [1.29, 1.82) is 0 Å². The van der Waals surface area contributed by atoms with E-state index < -0.39 is 22.9 Å². The van der Waals surface area contributed by atoms with Gasteiger partial charge in [-0.15, -0.1) is 5.10 Å². The summed E-state index contributed by atoms with van der Waals surface area (Å²) in [5.74, 6) is -0.603. The molecule has 0 saturated carbocycles. The van der Waals surface area contributed by atoms with Gasteiger partial charge in [-0.2, -0.15) is 4.68 Å². The summed E-state index contributed by atoms with van der Waals surface area (Å²) < 4.78 is 25.9. The van der Waals surface area contributed by atoms with E-state index in [-0.39, 0.29) is 11.3 Å². The lowest BCUT2D eigenvalue weighted by atomic mass is 10.1. The van der Waals surface area contributed by atoms with Crippen molar-refractivity contribution in [3.05, 3.63) is 46.3 Å². The topological polar surface area (TPSA) is 146 Å². The first-order valence-electron chi connectivity index (χ1n) is 6.92. The Morgan fingerprint density at radius 3 is 2.76 bits per heavy atom. The van der Waals surface area contributed by atoms with Gasteiger partial charge in [0.25, 0.3) is 5.91 Å². The number of aromatic nitrogens is 5. The molecule has 1 amide bonds. The summed E-state index contributed by atoms with van der Waals surface area (Å²) in [5, 5.41) is 10.1. The normalized spacial score (nSPS) is 12.1. The molecule has 3 rings (SSSR count). The maximum Gasteiger partial charge on any atom is 0.352 e. The van der Waals surface area contributed by atoms with Crippen LogP contribution in [-0.4, -0.2) is 39.0 Å². The molecule has 1 aromatic carbocycles. The second-order valence-electron chi connectivity index (χ2n) is 5.05. The quantitative estimate of drug-likeness (QED) is 0.600. The minimum Gasteiger partial charge on any atom is -0.755 e. The van der Waals surface area contributed by atoms with Gasteiger partial charge in [0.2, 0.25) is 0 Å². The van der Waals surface area contributed by atoms with E-state index in [1.807, 2.05) is 0 Å². The van der Waals surface area contributed by atoms with Gasteiger partial charge < -0.3 is 14.6 Å². The fraction of sp³-hybridized carbons (Fsp3) is 0.154. The minimum atomic E-state index is -2.48. The molecule has 3 aromatic rings. The summed E-state index contributed by atoms with van der Waals surface area (Å²) in [5.41, 5.74) is 0.693. The van der Waals surface area contributed by atoms with Crippen LogP contribution in [0.3, 0.4) is 0 Å². The third-order valence-electron chi connectivity index (χ3n) is 3.49. The summed E-state index contributed by atoms with van der Waals surface area (Å²) >= 11 is -2.48. The zero-order chi connectivity index (χ0) is 18.1. The van der Waals surface area contributed by atoms with Crippen molar-refractivity contribution in [3.63, 3.8) is 0 Å². The van der Waals surface area contributed by atoms with Crippen molar-refractivity contribution in [1.82, 2.24) is 24.4 Å². The highest BCUT2D eigenvalue weighted by Gasteiger charge is 2.18. The van der Waals surface area contributed by atoms with E-state index in [9.17, 15) is 18.4 Å². The summed E-state index contributed by atoms with van der Waals surface area (Å²) in [6.07, 6.45) is 1.19. The van der Waals surface area contributed by atoms with E-state index in [2.05, 4.69) is 25.3 Å². The van der Waals surface area contributed by atoms with E-state index in [1.54, 1.807) is 25.1 Å². The Labute approximate surface area is 143 Å². The van der Waals surface area contributed by atoms with Crippen LogP contribution in [0.1, 0.15) is 16.1 Å². The number of rotatable bonds is 4. The third-order valence-corrected chi connectivity index (χ3v) is 3.88. The van der Waals surface area contributed by atoms with Crippen molar-refractivity contribution >= 4 is 34.2 Å². The zero-order valence-electron chi connectivity index (χ0n) is 13.1. The summed E-state index contributed by atoms with van der Waals surface area (Å²) in [7, 11) is 1.43. The van der Waals surface area contributed by atoms with E-state index in [4.69, 9.17) is 0 Å². The molecule has 1 unspecified atom stereocenters. The number of anilines is 2. The van der Waals surface area contributed by atoms with E-state index in [0.717, 1.165) is 9.08 Å². The third kappa shape index (κ3) is 3.12. The molecular formula is C13H12N7O4S-. The fourth-order valence-electron chi connectivity index (χ4n) is 2.19. The molecule has 2 N–H and O–H groups in total. The number of imidazole rings is 1. The first kappa shape index (κ1) is 16.7. The van der Waals surface area contributed by atoms with E-state index >= 15 is 0 Å². The molecule has 12 heteroatoms. The minimum absolute atomic E-state index is 0.0215. The molecule has 11 nitrogen and oxygen atoms in total. The average molecular weight is 362 g/mol. The molecule has 130 valence electrons. The molecule has 25 heavy (non-hydrogen) atoms. The zero-order valence-corrected chi connectivity index (χ0v) is 13.9. The van der Waals surface area contributed by atoms with Crippen LogP contribution in [0.15, 0.2) is 29.3 Å². The van der Waals surface area contributed by atoms with Gasteiger partial charge >= 0.3 is 5.69 Å². The van der Waals surface area contributed by atoms with Gasteiger partial charge in [0.1, 0.15) is 6.33 Å². The second kappa shape index (κ2) is 6.41. The number of benzene rings is 1. The van der Waals surface area contributed by atoms with Crippen LogP contribution >= 0.6 is 0 Å². The van der Waals surface area contributed by atoms with E-state index in [1.165, 1.54) is 13.4 Å². The Kier molecular flexibility index (Phi) is 4.29. The van der Waals surface area contributed by atoms with Crippen molar-refractivity contribution in [2.24, 2.45) is 7.05 Å². The maximum atomic E-state index is 12.5. The molecule has 0 radical (unpaired) electrons. The fourth-order valence-corrected chi connectivity index (χ4v) is 2.59. The number of hydrogen-bond acceptors (Lipinski definition) is 7. The smallest absolute Gasteiger partial charge is 0.352 e. The molecule has 0 aliphatic carbocycles. The van der Waals surface area contributed by atoms with E-state index in [0.29, 0.717) is 16.9 Å². The molecule has 2 heterocycles. The highest BCUT2D eigenvalue weighted by molar-refractivity contribution is 7.80. The van der Waals surface area contributed by atoms with Crippen molar-refractivity contribution in [2.75, 3.05) is 10.0 Å². The molecule has 0 bridgehead atoms. The second-order valence-corrected chi connectivity index (χ2v) is 5.72. The van der Waals surface area contributed by atoms with Gasteiger partial charge in [0, 0.05) is 24.0 Å². The summed E-state index contributed by atoms with van der Waals surface area (Å²) in [4.78, 5) is 28.3. The van der Waals surface area contributed by atoms with Crippen LogP contribution < -0.4 is 15.7 Å². The lowest BCUT2D eigenvalue weighted by Crippen LogP contribution is -2.27. The molecule has 1 atom stereocenters. The van der Waals surface area contributed by atoms with Crippen LogP contribution in [0.4, 0.5) is 11.4 Å². The Hall–Kier alpha value is -3.12. The largest absolute Gasteiger partial charge is 0.755 e. The van der Waals surface area contributed by atoms with Crippen LogP contribution in [0.25, 0.3) is 5.65 Å². The standard InChI is InChI=1S/C13H13N7O4S/c1-7-8(4-3-5-9(7)17-25(23)24)15-12(21)10-11-16-18-19(2)13(22)20(11)6-14-10/h3-6,17H,1-2H3,(H,15,21)(H,23,24)/p-1. The molecule has 0 saturated heterocycles. The van der Waals surface area contributed by atoms with Gasteiger partial charge in [-0.1, -0.05) is 11.3 Å².